The van der Waals surface area contributed by atoms with E-state index >= 15 is 0 Å². The van der Waals surface area contributed by atoms with Crippen LogP contribution in [0.4, 0.5) is 0 Å². The minimum atomic E-state index is -0.885. The van der Waals surface area contributed by atoms with Gasteiger partial charge in [0.05, 0.1) is 13.1 Å². The van der Waals surface area contributed by atoms with Gasteiger partial charge in [-0.15, -0.1) is 0 Å². The van der Waals surface area contributed by atoms with E-state index < -0.39 is 5.97 Å². The standard InChI is InChI=1S/C15H28N2O3/c1-4-12(3)17(10-15(19)20)9-14(18)16-13-7-5-11(2)6-8-13/h11-13H,4-10H2,1-3H3,(H,16,18)(H,19,20). The number of carbonyl (C=O) groups is 2. The van der Waals surface area contributed by atoms with Crippen LogP contribution < -0.4 is 5.32 Å². The number of rotatable bonds is 7. The van der Waals surface area contributed by atoms with Crippen LogP contribution in [0.1, 0.15) is 52.9 Å². The SMILES string of the molecule is CCC(C)N(CC(=O)O)CC(=O)NC1CCC(C)CC1. The van der Waals surface area contributed by atoms with Crippen LogP contribution in [-0.2, 0) is 9.59 Å². The van der Waals surface area contributed by atoms with Crippen LogP contribution in [-0.4, -0.2) is 47.1 Å². The molecule has 0 aliphatic heterocycles. The van der Waals surface area contributed by atoms with Crippen LogP contribution in [0.15, 0.2) is 0 Å². The lowest BCUT2D eigenvalue weighted by atomic mass is 9.87. The average Bonchev–Trinajstić information content (AvgIpc) is 2.39. The Kier molecular flexibility index (Phi) is 6.99. The number of nitrogens with zero attached hydrogens (tertiary/aromatic N) is 1. The summed E-state index contributed by atoms with van der Waals surface area (Å²) in [7, 11) is 0. The van der Waals surface area contributed by atoms with Crippen molar-refractivity contribution in [3.8, 4) is 0 Å². The van der Waals surface area contributed by atoms with Gasteiger partial charge in [-0.25, -0.2) is 0 Å². The lowest BCUT2D eigenvalue weighted by molar-refractivity contribution is -0.139. The highest BCUT2D eigenvalue weighted by atomic mass is 16.4. The van der Waals surface area contributed by atoms with Gasteiger partial charge in [0, 0.05) is 12.1 Å². The quantitative estimate of drug-likeness (QED) is 0.749. The second-order valence-corrected chi connectivity index (χ2v) is 6.08. The summed E-state index contributed by atoms with van der Waals surface area (Å²) in [6.45, 7) is 6.30. The molecule has 5 heteroatoms. The summed E-state index contributed by atoms with van der Waals surface area (Å²) < 4.78 is 0. The normalized spacial score (nSPS) is 24.4. The molecule has 1 aliphatic carbocycles. The number of carboxylic acid groups (broad SMARTS) is 1. The lowest BCUT2D eigenvalue weighted by Gasteiger charge is -2.29. The molecule has 0 aromatic carbocycles. The van der Waals surface area contributed by atoms with Crippen LogP contribution in [0.5, 0.6) is 0 Å². The van der Waals surface area contributed by atoms with Gasteiger partial charge in [-0.3, -0.25) is 14.5 Å². The van der Waals surface area contributed by atoms with Crippen LogP contribution in [0.3, 0.4) is 0 Å². The van der Waals surface area contributed by atoms with E-state index in [4.69, 9.17) is 5.11 Å². The lowest BCUT2D eigenvalue weighted by Crippen LogP contribution is -2.47. The smallest absolute Gasteiger partial charge is 0.317 e. The van der Waals surface area contributed by atoms with Crippen LogP contribution in [0.2, 0.25) is 0 Å². The first-order chi connectivity index (χ1) is 9.42. The Bertz CT molecular complexity index is 325. The molecule has 0 aromatic rings. The summed E-state index contributed by atoms with van der Waals surface area (Å²) in [6, 6.07) is 0.366. The summed E-state index contributed by atoms with van der Waals surface area (Å²) in [5.74, 6) is -0.178. The molecule has 1 amide bonds. The van der Waals surface area contributed by atoms with Crippen molar-refractivity contribution in [2.45, 2.75) is 65.0 Å². The molecule has 0 saturated heterocycles. The van der Waals surface area contributed by atoms with E-state index in [1.54, 1.807) is 4.90 Å². The van der Waals surface area contributed by atoms with E-state index in [1.807, 2.05) is 13.8 Å². The molecule has 2 N–H and O–H groups in total. The van der Waals surface area contributed by atoms with Crippen molar-refractivity contribution in [2.24, 2.45) is 5.92 Å². The molecule has 1 fully saturated rings. The molecule has 0 radical (unpaired) electrons. The van der Waals surface area contributed by atoms with Gasteiger partial charge in [-0.05, 0) is 44.9 Å². The molecule has 1 unspecified atom stereocenters. The monoisotopic (exact) mass is 284 g/mol. The summed E-state index contributed by atoms with van der Waals surface area (Å²) in [4.78, 5) is 24.6. The highest BCUT2D eigenvalue weighted by molar-refractivity contribution is 5.79. The fourth-order valence-corrected chi connectivity index (χ4v) is 2.66. The fraction of sp³-hybridized carbons (Fsp3) is 0.867. The molecule has 0 heterocycles. The number of aliphatic carboxylic acids is 1. The molecule has 0 spiro atoms. The Morgan fingerprint density at radius 2 is 1.85 bits per heavy atom. The molecular weight excluding hydrogens is 256 g/mol. The zero-order valence-corrected chi connectivity index (χ0v) is 12.9. The third-order valence-electron chi connectivity index (χ3n) is 4.28. The highest BCUT2D eigenvalue weighted by Gasteiger charge is 2.23. The molecule has 116 valence electrons. The van der Waals surface area contributed by atoms with Crippen LogP contribution in [0, 0.1) is 5.92 Å². The molecule has 5 nitrogen and oxygen atoms in total. The number of carbonyl (C=O) groups excluding carboxylic acids is 1. The maximum Gasteiger partial charge on any atom is 0.317 e. The van der Waals surface area contributed by atoms with E-state index in [9.17, 15) is 9.59 Å². The minimum absolute atomic E-state index is 0.0499. The molecule has 1 atom stereocenters. The first kappa shape index (κ1) is 17.0. The Morgan fingerprint density at radius 1 is 1.25 bits per heavy atom. The van der Waals surface area contributed by atoms with Gasteiger partial charge in [-0.1, -0.05) is 13.8 Å². The van der Waals surface area contributed by atoms with Crippen molar-refractivity contribution in [3.05, 3.63) is 0 Å². The average molecular weight is 284 g/mol. The predicted octanol–water partition coefficient (Wildman–Crippen LogP) is 1.87. The van der Waals surface area contributed by atoms with Crippen LogP contribution >= 0.6 is 0 Å². The highest BCUT2D eigenvalue weighted by Crippen LogP contribution is 2.23. The third-order valence-corrected chi connectivity index (χ3v) is 4.28. The first-order valence-corrected chi connectivity index (χ1v) is 7.67. The van der Waals surface area contributed by atoms with E-state index in [0.29, 0.717) is 0 Å². The Labute approximate surface area is 121 Å². The van der Waals surface area contributed by atoms with Crippen LogP contribution in [0.25, 0.3) is 0 Å². The fourth-order valence-electron chi connectivity index (χ4n) is 2.66. The first-order valence-electron chi connectivity index (χ1n) is 7.67. The molecule has 1 aliphatic rings. The molecule has 0 aromatic heterocycles. The van der Waals surface area contributed by atoms with Gasteiger partial charge in [-0.2, -0.15) is 0 Å². The molecule has 1 saturated carbocycles. The molecular formula is C15H28N2O3. The van der Waals surface area contributed by atoms with Gasteiger partial charge >= 0.3 is 5.97 Å². The number of carboxylic acids is 1. The van der Waals surface area contributed by atoms with Crippen molar-refractivity contribution in [1.82, 2.24) is 10.2 Å². The Morgan fingerprint density at radius 3 is 2.35 bits per heavy atom. The topological polar surface area (TPSA) is 69.6 Å². The summed E-state index contributed by atoms with van der Waals surface area (Å²) in [6.07, 6.45) is 5.23. The van der Waals surface area contributed by atoms with Crippen molar-refractivity contribution in [3.63, 3.8) is 0 Å². The van der Waals surface area contributed by atoms with Gasteiger partial charge < -0.3 is 10.4 Å². The van der Waals surface area contributed by atoms with Gasteiger partial charge in [0.1, 0.15) is 0 Å². The Balaban J connectivity index is 2.42. The number of hydrogen-bond donors (Lipinski definition) is 2. The van der Waals surface area contributed by atoms with E-state index in [-0.39, 0.29) is 31.1 Å². The molecule has 0 bridgehead atoms. The van der Waals surface area contributed by atoms with Crippen molar-refractivity contribution in [2.75, 3.05) is 13.1 Å². The second kappa shape index (κ2) is 8.25. The van der Waals surface area contributed by atoms with Gasteiger partial charge in [0.2, 0.25) is 5.91 Å². The van der Waals surface area contributed by atoms with E-state index in [1.165, 1.54) is 0 Å². The largest absolute Gasteiger partial charge is 0.480 e. The van der Waals surface area contributed by atoms with Gasteiger partial charge in [0.15, 0.2) is 0 Å². The summed E-state index contributed by atoms with van der Waals surface area (Å²) in [5, 5.41) is 12.0. The predicted molar refractivity (Wildman–Crippen MR) is 78.5 cm³/mol. The number of amides is 1. The maximum atomic E-state index is 12.1. The zero-order chi connectivity index (χ0) is 15.1. The maximum absolute atomic E-state index is 12.1. The number of hydrogen-bond acceptors (Lipinski definition) is 3. The minimum Gasteiger partial charge on any atom is -0.480 e. The van der Waals surface area contributed by atoms with Crippen molar-refractivity contribution < 1.29 is 14.7 Å². The summed E-state index contributed by atoms with van der Waals surface area (Å²) in [5.41, 5.74) is 0. The molecule has 20 heavy (non-hydrogen) atoms. The zero-order valence-electron chi connectivity index (χ0n) is 12.9. The van der Waals surface area contributed by atoms with Crippen molar-refractivity contribution in [1.29, 1.82) is 0 Å². The van der Waals surface area contributed by atoms with E-state index in [2.05, 4.69) is 12.2 Å². The van der Waals surface area contributed by atoms with E-state index in [0.717, 1.165) is 38.0 Å². The molecule has 1 rings (SSSR count). The Hall–Kier alpha value is -1.10. The second-order valence-electron chi connectivity index (χ2n) is 6.08. The number of nitrogens with one attached hydrogen (secondary N) is 1. The third kappa shape index (κ3) is 5.90. The van der Waals surface area contributed by atoms with Gasteiger partial charge in [0.25, 0.3) is 0 Å². The summed E-state index contributed by atoms with van der Waals surface area (Å²) >= 11 is 0. The van der Waals surface area contributed by atoms with Crippen molar-refractivity contribution >= 4 is 11.9 Å².